The molecule has 0 saturated heterocycles. The number of pyridine rings is 1. The van der Waals surface area contributed by atoms with E-state index in [0.717, 1.165) is 17.7 Å². The van der Waals surface area contributed by atoms with Gasteiger partial charge in [-0.1, -0.05) is 19.9 Å². The van der Waals surface area contributed by atoms with Crippen LogP contribution < -0.4 is 4.74 Å². The van der Waals surface area contributed by atoms with Crippen molar-refractivity contribution in [3.8, 4) is 11.5 Å². The molecule has 4 nitrogen and oxygen atoms in total. The van der Waals surface area contributed by atoms with Crippen LogP contribution in [-0.4, -0.2) is 15.9 Å². The van der Waals surface area contributed by atoms with E-state index in [1.807, 2.05) is 24.3 Å². The molecule has 0 spiro atoms. The van der Waals surface area contributed by atoms with Gasteiger partial charge in [-0.05, 0) is 35.6 Å². The van der Waals surface area contributed by atoms with Crippen LogP contribution in [0.4, 0.5) is 0 Å². The van der Waals surface area contributed by atoms with Crippen molar-refractivity contribution in [3.63, 3.8) is 0 Å². The number of hydrogen-bond donors (Lipinski definition) is 1. The fourth-order valence-corrected chi connectivity index (χ4v) is 2.94. The number of fused-ring (bicyclic) bond motifs is 1. The number of ether oxygens (including phenoxy) is 1. The van der Waals surface area contributed by atoms with Gasteiger partial charge in [0.15, 0.2) is 5.78 Å². The minimum absolute atomic E-state index is 0.0000241. The Morgan fingerprint density at radius 3 is 2.82 bits per heavy atom. The predicted molar refractivity (Wildman–Crippen MR) is 83.1 cm³/mol. The molecule has 0 fully saturated rings. The zero-order chi connectivity index (χ0) is 15.7. The van der Waals surface area contributed by atoms with E-state index in [-0.39, 0.29) is 16.9 Å². The Morgan fingerprint density at radius 1 is 1.27 bits per heavy atom. The van der Waals surface area contributed by atoms with Crippen molar-refractivity contribution in [2.45, 2.75) is 33.3 Å². The van der Waals surface area contributed by atoms with Gasteiger partial charge < -0.3 is 9.84 Å². The third-order valence-corrected chi connectivity index (χ3v) is 3.87. The first-order chi connectivity index (χ1) is 10.4. The Labute approximate surface area is 129 Å². The molecule has 0 saturated carbocycles. The minimum Gasteiger partial charge on any atom is -0.507 e. The predicted octanol–water partition coefficient (Wildman–Crippen LogP) is 3.52. The van der Waals surface area contributed by atoms with Gasteiger partial charge in [0.2, 0.25) is 0 Å². The van der Waals surface area contributed by atoms with E-state index < -0.39 is 0 Å². The van der Waals surface area contributed by atoms with Crippen molar-refractivity contribution in [1.29, 1.82) is 0 Å². The molecule has 22 heavy (non-hydrogen) atoms. The van der Waals surface area contributed by atoms with E-state index in [9.17, 15) is 9.90 Å². The number of benzene rings is 1. The first-order valence-electron chi connectivity index (χ1n) is 7.36. The number of phenolic OH excluding ortho intramolecular Hbond substituents is 1. The highest BCUT2D eigenvalue weighted by atomic mass is 16.5. The van der Waals surface area contributed by atoms with Crippen LogP contribution >= 0.6 is 0 Å². The third-order valence-electron chi connectivity index (χ3n) is 3.87. The molecule has 0 atom stereocenters. The van der Waals surface area contributed by atoms with E-state index >= 15 is 0 Å². The van der Waals surface area contributed by atoms with Crippen molar-refractivity contribution in [3.05, 3.63) is 53.3 Å². The molecular weight excluding hydrogens is 278 g/mol. The van der Waals surface area contributed by atoms with Gasteiger partial charge in [0.25, 0.3) is 0 Å². The molecule has 1 heterocycles. The molecule has 1 aliphatic rings. The lowest BCUT2D eigenvalue weighted by Crippen LogP contribution is -2.27. The number of carbonyl (C=O) groups excluding carboxylic acids is 1. The Morgan fingerprint density at radius 2 is 2.09 bits per heavy atom. The second-order valence-corrected chi connectivity index (χ2v) is 6.53. The van der Waals surface area contributed by atoms with Gasteiger partial charge in [0.05, 0.1) is 11.3 Å². The van der Waals surface area contributed by atoms with Crippen LogP contribution in [0, 0.1) is 5.41 Å². The molecule has 3 rings (SSSR count). The maximum absolute atomic E-state index is 12.2. The molecule has 0 amide bonds. The van der Waals surface area contributed by atoms with Crippen LogP contribution in [0.2, 0.25) is 0 Å². The van der Waals surface area contributed by atoms with Crippen molar-refractivity contribution in [1.82, 2.24) is 4.98 Å². The topological polar surface area (TPSA) is 59.4 Å². The molecule has 1 N–H and O–H groups in total. The molecule has 0 bridgehead atoms. The Bertz CT molecular complexity index is 708. The molecule has 114 valence electrons. The van der Waals surface area contributed by atoms with Gasteiger partial charge in [-0.2, -0.15) is 0 Å². The van der Waals surface area contributed by atoms with Crippen LogP contribution in [0.3, 0.4) is 0 Å². The quantitative estimate of drug-likeness (QED) is 0.941. The lowest BCUT2D eigenvalue weighted by Gasteiger charge is -2.30. The molecule has 0 unspecified atom stereocenters. The van der Waals surface area contributed by atoms with Gasteiger partial charge in [0.1, 0.15) is 18.1 Å². The summed E-state index contributed by atoms with van der Waals surface area (Å²) in [7, 11) is 0. The Kier molecular flexibility index (Phi) is 3.61. The van der Waals surface area contributed by atoms with Crippen LogP contribution in [0.25, 0.3) is 0 Å². The second kappa shape index (κ2) is 5.44. The smallest absolute Gasteiger partial charge is 0.167 e. The number of hydrogen-bond acceptors (Lipinski definition) is 4. The summed E-state index contributed by atoms with van der Waals surface area (Å²) in [4.78, 5) is 16.4. The Hall–Kier alpha value is -2.36. The summed E-state index contributed by atoms with van der Waals surface area (Å²) in [5.41, 5.74) is 2.04. The van der Waals surface area contributed by atoms with Crippen LogP contribution in [0.15, 0.2) is 36.5 Å². The fraction of sp³-hybridized carbons (Fsp3) is 0.333. The first-order valence-corrected chi connectivity index (χ1v) is 7.36. The lowest BCUT2D eigenvalue weighted by molar-refractivity contribution is 0.0909. The van der Waals surface area contributed by atoms with E-state index in [1.54, 1.807) is 6.20 Å². The number of carbonyl (C=O) groups is 1. The maximum Gasteiger partial charge on any atom is 0.167 e. The molecule has 1 aromatic carbocycles. The highest BCUT2D eigenvalue weighted by Crippen LogP contribution is 2.40. The van der Waals surface area contributed by atoms with Gasteiger partial charge in [0, 0.05) is 18.7 Å². The molecule has 1 aliphatic carbocycles. The number of aromatic nitrogens is 1. The molecule has 1 aromatic heterocycles. The van der Waals surface area contributed by atoms with Crippen LogP contribution in [0.1, 0.15) is 41.9 Å². The zero-order valence-electron chi connectivity index (χ0n) is 12.8. The zero-order valence-corrected chi connectivity index (χ0v) is 12.8. The maximum atomic E-state index is 12.2. The summed E-state index contributed by atoms with van der Waals surface area (Å²) < 4.78 is 5.71. The van der Waals surface area contributed by atoms with Gasteiger partial charge in [-0.3, -0.25) is 9.78 Å². The normalized spacial score (nSPS) is 16.2. The SMILES string of the molecule is CC1(C)CC(=O)c2c(O)cc(OCc3ccccn3)cc2C1. The molecule has 0 radical (unpaired) electrons. The second-order valence-electron chi connectivity index (χ2n) is 6.53. The number of phenols is 1. The molecular formula is C18H19NO3. The van der Waals surface area contributed by atoms with Crippen molar-refractivity contribution >= 4 is 5.78 Å². The van der Waals surface area contributed by atoms with Gasteiger partial charge in [-0.15, -0.1) is 0 Å². The number of rotatable bonds is 3. The van der Waals surface area contributed by atoms with Crippen molar-refractivity contribution in [2.75, 3.05) is 0 Å². The number of aromatic hydroxyl groups is 1. The standard InChI is InChI=1S/C18H19NO3/c1-18(2)9-12-7-14(8-15(20)17(12)16(21)10-18)22-11-13-5-3-4-6-19-13/h3-8,20H,9-11H2,1-2H3. The summed E-state index contributed by atoms with van der Waals surface area (Å²) in [6.07, 6.45) is 2.92. The average Bonchev–Trinajstić information content (AvgIpc) is 2.44. The number of nitrogens with zero attached hydrogens (tertiary/aromatic N) is 1. The van der Waals surface area contributed by atoms with Crippen molar-refractivity contribution < 1.29 is 14.6 Å². The fourth-order valence-electron chi connectivity index (χ4n) is 2.94. The summed E-state index contributed by atoms with van der Waals surface area (Å²) in [5, 5.41) is 10.2. The van der Waals surface area contributed by atoms with Gasteiger partial charge >= 0.3 is 0 Å². The largest absolute Gasteiger partial charge is 0.507 e. The van der Waals surface area contributed by atoms with Crippen molar-refractivity contribution in [2.24, 2.45) is 5.41 Å². The summed E-state index contributed by atoms with van der Waals surface area (Å²) >= 11 is 0. The van der Waals surface area contributed by atoms with Crippen LogP contribution in [-0.2, 0) is 13.0 Å². The molecule has 2 aromatic rings. The van der Waals surface area contributed by atoms with E-state index in [1.165, 1.54) is 6.07 Å². The van der Waals surface area contributed by atoms with Gasteiger partial charge in [-0.25, -0.2) is 0 Å². The summed E-state index contributed by atoms with van der Waals surface area (Å²) in [6, 6.07) is 9.00. The highest BCUT2D eigenvalue weighted by molar-refractivity contribution is 6.01. The highest BCUT2D eigenvalue weighted by Gasteiger charge is 2.33. The monoisotopic (exact) mass is 297 g/mol. The van der Waals surface area contributed by atoms with E-state index in [2.05, 4.69) is 18.8 Å². The van der Waals surface area contributed by atoms with Crippen LogP contribution in [0.5, 0.6) is 11.5 Å². The van der Waals surface area contributed by atoms with E-state index in [0.29, 0.717) is 24.3 Å². The Balaban J connectivity index is 1.86. The molecule has 4 heteroatoms. The third kappa shape index (κ3) is 2.96. The van der Waals surface area contributed by atoms with E-state index in [4.69, 9.17) is 4.74 Å². The number of Topliss-reactive ketones (excluding diaryl/α,β-unsaturated/α-hetero) is 1. The number of ketones is 1. The summed E-state index contributed by atoms with van der Waals surface area (Å²) in [6.45, 7) is 4.45. The summed E-state index contributed by atoms with van der Waals surface area (Å²) in [5.74, 6) is 0.571. The minimum atomic E-state index is -0.0872. The molecule has 0 aliphatic heterocycles. The average molecular weight is 297 g/mol. The lowest BCUT2D eigenvalue weighted by atomic mass is 9.73. The first kappa shape index (κ1) is 14.6.